The molecule has 1 saturated carbocycles. The molecule has 1 aliphatic carbocycles. The van der Waals surface area contributed by atoms with Gasteiger partial charge < -0.3 is 5.11 Å². The largest absolute Gasteiger partial charge is 0.378 e. The van der Waals surface area contributed by atoms with Crippen molar-refractivity contribution in [3.05, 3.63) is 0 Å². The van der Waals surface area contributed by atoms with Crippen molar-refractivity contribution in [2.45, 2.75) is 97.2 Å². The molecule has 0 aromatic heterocycles. The van der Waals surface area contributed by atoms with Gasteiger partial charge in [-0.05, 0) is 75.7 Å². The minimum Gasteiger partial charge on any atom is -0.378 e. The number of hydrogen-bond acceptors (Lipinski definition) is 3. The van der Waals surface area contributed by atoms with Crippen molar-refractivity contribution in [3.63, 3.8) is 0 Å². The van der Waals surface area contributed by atoms with Crippen LogP contribution in [0.25, 0.3) is 0 Å². The second-order valence-electron chi connectivity index (χ2n) is 9.94. The summed E-state index contributed by atoms with van der Waals surface area (Å²) in [4.78, 5) is 2.63. The molecule has 3 unspecified atom stereocenters. The zero-order chi connectivity index (χ0) is 19.3. The topological polar surface area (TPSA) is 35.5 Å². The lowest BCUT2D eigenvalue weighted by molar-refractivity contribution is -0.000804. The number of likely N-dealkylation sites (tertiary alicyclic amines) is 1. The molecule has 2 aliphatic rings. The fraction of sp³-hybridized carbons (Fsp3) is 1.00. The second-order valence-corrected chi connectivity index (χ2v) is 10.7. The van der Waals surface area contributed by atoms with Gasteiger partial charge in [-0.2, -0.15) is 0 Å². The fourth-order valence-corrected chi connectivity index (χ4v) is 5.53. The molecule has 1 saturated heterocycles. The van der Waals surface area contributed by atoms with Crippen LogP contribution in [0.5, 0.6) is 0 Å². The number of nitrogens with one attached hydrogen (secondary N) is 1. The normalized spacial score (nSPS) is 29.4. The van der Waals surface area contributed by atoms with Crippen LogP contribution in [0.2, 0.25) is 0 Å². The Hall–Kier alpha value is 0.170. The van der Waals surface area contributed by atoms with Gasteiger partial charge in [0.05, 0.1) is 0 Å². The van der Waals surface area contributed by atoms with Gasteiger partial charge in [-0.3, -0.25) is 10.2 Å². The van der Waals surface area contributed by atoms with Gasteiger partial charge in [0.25, 0.3) is 0 Å². The van der Waals surface area contributed by atoms with Crippen molar-refractivity contribution in [3.8, 4) is 0 Å². The van der Waals surface area contributed by atoms with Gasteiger partial charge in [-0.15, -0.1) is 11.6 Å². The standard InChI is InChI=1S/C22H43ClN2O/c1-16(10-11-17(2)23)20-12-13-25(15-22(20,4)5)18(3)14-24-21(26)19-8-6-7-9-19/h16-21,24,26H,6-15H2,1-5H3/t16-,17?,18+,20?,21?/m0/s1. The van der Waals surface area contributed by atoms with E-state index in [1.807, 2.05) is 0 Å². The smallest absolute Gasteiger partial charge is 0.107 e. The average molecular weight is 387 g/mol. The number of halogens is 1. The molecule has 2 fully saturated rings. The molecule has 2 rings (SSSR count). The van der Waals surface area contributed by atoms with Crippen molar-refractivity contribution >= 4 is 11.6 Å². The summed E-state index contributed by atoms with van der Waals surface area (Å²) in [5, 5.41) is 14.1. The molecule has 1 aliphatic heterocycles. The van der Waals surface area contributed by atoms with Gasteiger partial charge >= 0.3 is 0 Å². The van der Waals surface area contributed by atoms with E-state index >= 15 is 0 Å². The zero-order valence-corrected chi connectivity index (χ0v) is 18.6. The summed E-state index contributed by atoms with van der Waals surface area (Å²) in [5.74, 6) is 1.99. The van der Waals surface area contributed by atoms with E-state index < -0.39 is 0 Å². The van der Waals surface area contributed by atoms with Crippen LogP contribution in [0.3, 0.4) is 0 Å². The number of nitrogens with zero attached hydrogens (tertiary/aromatic N) is 1. The van der Waals surface area contributed by atoms with Gasteiger partial charge in [0.15, 0.2) is 0 Å². The van der Waals surface area contributed by atoms with Gasteiger partial charge in [-0.25, -0.2) is 0 Å². The highest BCUT2D eigenvalue weighted by atomic mass is 35.5. The van der Waals surface area contributed by atoms with Crippen LogP contribution in [-0.4, -0.2) is 47.3 Å². The molecule has 154 valence electrons. The number of alkyl halides is 1. The van der Waals surface area contributed by atoms with Crippen molar-refractivity contribution in [2.24, 2.45) is 23.2 Å². The number of hydrogen-bond donors (Lipinski definition) is 2. The van der Waals surface area contributed by atoms with Crippen LogP contribution in [0.4, 0.5) is 0 Å². The molecular weight excluding hydrogens is 344 g/mol. The molecule has 4 heteroatoms. The molecule has 2 N–H and O–H groups in total. The Morgan fingerprint density at radius 2 is 1.77 bits per heavy atom. The average Bonchev–Trinajstić information content (AvgIpc) is 3.10. The molecule has 26 heavy (non-hydrogen) atoms. The van der Waals surface area contributed by atoms with E-state index in [1.165, 1.54) is 45.1 Å². The van der Waals surface area contributed by atoms with Crippen LogP contribution in [0.1, 0.15) is 79.6 Å². The monoisotopic (exact) mass is 386 g/mol. The number of piperidine rings is 1. The van der Waals surface area contributed by atoms with Gasteiger partial charge in [0.2, 0.25) is 0 Å². The third-order valence-electron chi connectivity index (χ3n) is 7.14. The SMILES string of the molecule is CC(Cl)CC[C@H](C)C1CCN([C@H](C)CNC(O)C2CCCC2)CC1(C)C. The molecule has 0 amide bonds. The maximum atomic E-state index is 10.4. The first-order valence-corrected chi connectivity index (χ1v) is 11.4. The lowest BCUT2D eigenvalue weighted by Gasteiger charge is -2.49. The first kappa shape index (κ1) is 22.5. The van der Waals surface area contributed by atoms with Crippen molar-refractivity contribution in [1.29, 1.82) is 0 Å². The third-order valence-corrected chi connectivity index (χ3v) is 7.36. The van der Waals surface area contributed by atoms with Crippen LogP contribution in [0, 0.1) is 23.2 Å². The summed E-state index contributed by atoms with van der Waals surface area (Å²) in [5.41, 5.74) is 0.339. The second kappa shape index (κ2) is 10.1. The minimum atomic E-state index is -0.317. The third kappa shape index (κ3) is 6.36. The summed E-state index contributed by atoms with van der Waals surface area (Å²) in [6.45, 7) is 14.9. The first-order chi connectivity index (χ1) is 12.2. The van der Waals surface area contributed by atoms with Crippen LogP contribution in [-0.2, 0) is 0 Å². The van der Waals surface area contributed by atoms with Gasteiger partial charge in [0.1, 0.15) is 6.23 Å². The first-order valence-electron chi connectivity index (χ1n) is 11.0. The number of aliphatic hydroxyl groups excluding tert-OH is 1. The van der Waals surface area contributed by atoms with Crippen LogP contribution < -0.4 is 5.32 Å². The van der Waals surface area contributed by atoms with Crippen molar-refractivity contribution < 1.29 is 5.11 Å². The summed E-state index contributed by atoms with van der Waals surface area (Å²) in [7, 11) is 0. The van der Waals surface area contributed by atoms with Gasteiger partial charge in [-0.1, -0.05) is 33.6 Å². The molecule has 1 heterocycles. The summed E-state index contributed by atoms with van der Waals surface area (Å²) in [6.07, 6.45) is 8.24. The van der Waals surface area contributed by atoms with E-state index in [0.29, 0.717) is 17.4 Å². The van der Waals surface area contributed by atoms with Crippen molar-refractivity contribution in [2.75, 3.05) is 19.6 Å². The molecule has 0 aromatic carbocycles. The van der Waals surface area contributed by atoms with E-state index in [0.717, 1.165) is 31.3 Å². The fourth-order valence-electron chi connectivity index (χ4n) is 5.40. The highest BCUT2D eigenvalue weighted by molar-refractivity contribution is 6.20. The molecule has 5 atom stereocenters. The van der Waals surface area contributed by atoms with Crippen LogP contribution >= 0.6 is 11.6 Å². The van der Waals surface area contributed by atoms with Crippen LogP contribution in [0.15, 0.2) is 0 Å². The lowest BCUT2D eigenvalue weighted by atomic mass is 9.67. The Balaban J connectivity index is 1.79. The van der Waals surface area contributed by atoms with E-state index in [-0.39, 0.29) is 11.6 Å². The molecular formula is C22H43ClN2O. The summed E-state index contributed by atoms with van der Waals surface area (Å²) >= 11 is 6.17. The Labute approximate surface area is 167 Å². The van der Waals surface area contributed by atoms with Crippen molar-refractivity contribution in [1.82, 2.24) is 10.2 Å². The Morgan fingerprint density at radius 1 is 1.12 bits per heavy atom. The number of aliphatic hydroxyl groups is 1. The van der Waals surface area contributed by atoms with E-state index in [2.05, 4.69) is 44.8 Å². The molecule has 0 bridgehead atoms. The Kier molecular flexibility index (Phi) is 8.72. The molecule has 0 aromatic rings. The van der Waals surface area contributed by atoms with E-state index in [9.17, 15) is 5.11 Å². The predicted molar refractivity (Wildman–Crippen MR) is 113 cm³/mol. The lowest BCUT2D eigenvalue weighted by Crippen LogP contribution is -2.53. The molecule has 0 radical (unpaired) electrons. The maximum Gasteiger partial charge on any atom is 0.107 e. The van der Waals surface area contributed by atoms with Gasteiger partial charge in [0, 0.05) is 24.5 Å². The highest BCUT2D eigenvalue weighted by Gasteiger charge is 2.39. The minimum absolute atomic E-state index is 0.290. The quantitative estimate of drug-likeness (QED) is 0.438. The Morgan fingerprint density at radius 3 is 2.35 bits per heavy atom. The van der Waals surface area contributed by atoms with E-state index in [4.69, 9.17) is 11.6 Å². The highest BCUT2D eigenvalue weighted by Crippen LogP contribution is 2.41. The predicted octanol–water partition coefficient (Wildman–Crippen LogP) is 4.86. The molecule has 3 nitrogen and oxygen atoms in total. The zero-order valence-electron chi connectivity index (χ0n) is 17.8. The summed E-state index contributed by atoms with van der Waals surface area (Å²) in [6, 6.07) is 0.476. The van der Waals surface area contributed by atoms with E-state index in [1.54, 1.807) is 0 Å². The molecule has 0 spiro atoms. The maximum absolute atomic E-state index is 10.4. The Bertz CT molecular complexity index is 409. The number of rotatable bonds is 9. The summed E-state index contributed by atoms with van der Waals surface area (Å²) < 4.78 is 0.